The van der Waals surface area contributed by atoms with Gasteiger partial charge in [-0.15, -0.1) is 11.3 Å². The first-order chi connectivity index (χ1) is 11.0. The lowest BCUT2D eigenvalue weighted by atomic mass is 10.3. The second-order valence-corrected chi connectivity index (χ2v) is 7.76. The van der Waals surface area contributed by atoms with Crippen LogP contribution in [0.25, 0.3) is 10.2 Å². The van der Waals surface area contributed by atoms with Crippen molar-refractivity contribution < 1.29 is 4.79 Å². The molecule has 3 rings (SSSR count). The maximum Gasteiger partial charge on any atom is 0.234 e. The molecular weight excluding hydrogens is 373 g/mol. The van der Waals surface area contributed by atoms with Crippen LogP contribution in [-0.4, -0.2) is 16.6 Å². The summed E-state index contributed by atoms with van der Waals surface area (Å²) < 4.78 is 1.83. The minimum atomic E-state index is -0.155. The van der Waals surface area contributed by atoms with Crippen LogP contribution in [0.15, 0.2) is 40.7 Å². The standard InChI is InChI=1S/C15H11Cl2N3OS2/c16-8-1-3-11(10(17)5-8)19-14(21)7-22-15-20-12-4-2-9(18)6-13(12)23-15/h1-6H,7,18H2,(H,19,21). The van der Waals surface area contributed by atoms with Gasteiger partial charge in [-0.25, -0.2) is 4.98 Å². The number of aromatic nitrogens is 1. The molecule has 0 bridgehead atoms. The minimum absolute atomic E-state index is 0.155. The molecule has 0 unspecified atom stereocenters. The summed E-state index contributed by atoms with van der Waals surface area (Å²) in [6.07, 6.45) is 0. The molecule has 3 aromatic rings. The highest BCUT2D eigenvalue weighted by Gasteiger charge is 2.10. The number of carbonyl (C=O) groups excluding carboxylic acids is 1. The van der Waals surface area contributed by atoms with E-state index in [-0.39, 0.29) is 11.7 Å². The fraction of sp³-hybridized carbons (Fsp3) is 0.0667. The lowest BCUT2D eigenvalue weighted by molar-refractivity contribution is -0.113. The number of nitrogens with zero attached hydrogens (tertiary/aromatic N) is 1. The number of nitrogens with one attached hydrogen (secondary N) is 1. The molecule has 0 aliphatic carbocycles. The van der Waals surface area contributed by atoms with E-state index in [0.29, 0.717) is 21.4 Å². The van der Waals surface area contributed by atoms with E-state index in [9.17, 15) is 4.79 Å². The largest absolute Gasteiger partial charge is 0.399 e. The molecule has 0 atom stereocenters. The molecule has 0 aliphatic rings. The van der Waals surface area contributed by atoms with Gasteiger partial charge in [0.1, 0.15) is 0 Å². The monoisotopic (exact) mass is 383 g/mol. The summed E-state index contributed by atoms with van der Waals surface area (Å²) in [5.41, 5.74) is 7.88. The van der Waals surface area contributed by atoms with Crippen molar-refractivity contribution in [1.29, 1.82) is 0 Å². The Hall–Kier alpha value is -1.47. The van der Waals surface area contributed by atoms with Crippen molar-refractivity contribution in [3.05, 3.63) is 46.4 Å². The van der Waals surface area contributed by atoms with E-state index in [1.165, 1.54) is 23.1 Å². The predicted octanol–water partition coefficient (Wildman–Crippen LogP) is 4.92. The van der Waals surface area contributed by atoms with Crippen LogP contribution in [0, 0.1) is 0 Å². The second kappa shape index (κ2) is 6.97. The summed E-state index contributed by atoms with van der Waals surface area (Å²) in [4.78, 5) is 16.5. The van der Waals surface area contributed by atoms with Gasteiger partial charge in [-0.3, -0.25) is 4.79 Å². The highest BCUT2D eigenvalue weighted by molar-refractivity contribution is 8.01. The SMILES string of the molecule is Nc1ccc2nc(SCC(=O)Nc3ccc(Cl)cc3Cl)sc2c1. The van der Waals surface area contributed by atoms with Gasteiger partial charge >= 0.3 is 0 Å². The zero-order chi connectivity index (χ0) is 16.4. The van der Waals surface area contributed by atoms with Gasteiger partial charge in [0, 0.05) is 10.7 Å². The molecule has 4 nitrogen and oxygen atoms in total. The number of nitrogen functional groups attached to an aromatic ring is 1. The molecule has 3 N–H and O–H groups in total. The summed E-state index contributed by atoms with van der Waals surface area (Å²) in [5.74, 6) is 0.0897. The Morgan fingerprint density at radius 1 is 1.26 bits per heavy atom. The van der Waals surface area contributed by atoms with Crippen molar-refractivity contribution in [3.8, 4) is 0 Å². The quantitative estimate of drug-likeness (QED) is 0.495. The van der Waals surface area contributed by atoms with Gasteiger partial charge < -0.3 is 11.1 Å². The fourth-order valence-corrected chi connectivity index (χ4v) is 4.26. The number of benzene rings is 2. The van der Waals surface area contributed by atoms with Gasteiger partial charge in [0.05, 0.1) is 26.7 Å². The van der Waals surface area contributed by atoms with E-state index in [1.54, 1.807) is 18.2 Å². The smallest absolute Gasteiger partial charge is 0.234 e. The van der Waals surface area contributed by atoms with Crippen molar-refractivity contribution in [2.75, 3.05) is 16.8 Å². The number of thioether (sulfide) groups is 1. The van der Waals surface area contributed by atoms with Gasteiger partial charge in [-0.2, -0.15) is 0 Å². The lowest BCUT2D eigenvalue weighted by Gasteiger charge is -2.06. The summed E-state index contributed by atoms with van der Waals surface area (Å²) in [7, 11) is 0. The van der Waals surface area contributed by atoms with E-state index >= 15 is 0 Å². The fourth-order valence-electron chi connectivity index (χ4n) is 1.89. The van der Waals surface area contributed by atoms with E-state index in [1.807, 2.05) is 18.2 Å². The Labute approximate surface area is 151 Å². The van der Waals surface area contributed by atoms with Crippen LogP contribution in [0.4, 0.5) is 11.4 Å². The first kappa shape index (κ1) is 16.4. The second-order valence-electron chi connectivity index (χ2n) is 4.67. The Bertz CT molecular complexity index is 882. The van der Waals surface area contributed by atoms with Crippen LogP contribution >= 0.6 is 46.3 Å². The molecule has 0 fully saturated rings. The maximum absolute atomic E-state index is 12.0. The normalized spacial score (nSPS) is 10.9. The van der Waals surface area contributed by atoms with Crippen LogP contribution in [-0.2, 0) is 4.79 Å². The molecule has 118 valence electrons. The third kappa shape index (κ3) is 4.09. The number of amides is 1. The lowest BCUT2D eigenvalue weighted by Crippen LogP contribution is -2.14. The highest BCUT2D eigenvalue weighted by atomic mass is 35.5. The maximum atomic E-state index is 12.0. The molecule has 0 radical (unpaired) electrons. The number of halogens is 2. The van der Waals surface area contributed by atoms with Crippen molar-refractivity contribution in [1.82, 2.24) is 4.98 Å². The van der Waals surface area contributed by atoms with E-state index in [0.717, 1.165) is 14.6 Å². The molecule has 0 spiro atoms. The number of fused-ring (bicyclic) bond motifs is 1. The number of nitrogens with two attached hydrogens (primary N) is 1. The van der Waals surface area contributed by atoms with Crippen LogP contribution in [0.2, 0.25) is 10.0 Å². The van der Waals surface area contributed by atoms with Gasteiger partial charge in [0.15, 0.2) is 4.34 Å². The van der Waals surface area contributed by atoms with Crippen LogP contribution in [0.5, 0.6) is 0 Å². The van der Waals surface area contributed by atoms with Crippen LogP contribution in [0.1, 0.15) is 0 Å². The average molecular weight is 384 g/mol. The Morgan fingerprint density at radius 2 is 2.09 bits per heavy atom. The summed E-state index contributed by atoms with van der Waals surface area (Å²) in [6, 6.07) is 10.5. The topological polar surface area (TPSA) is 68.0 Å². The van der Waals surface area contributed by atoms with Gasteiger partial charge in [-0.05, 0) is 36.4 Å². The van der Waals surface area contributed by atoms with Crippen molar-refractivity contribution >= 4 is 73.8 Å². The summed E-state index contributed by atoms with van der Waals surface area (Å²) >= 11 is 14.7. The number of rotatable bonds is 4. The predicted molar refractivity (Wildman–Crippen MR) is 99.8 cm³/mol. The first-order valence-electron chi connectivity index (χ1n) is 6.55. The molecule has 2 aromatic carbocycles. The van der Waals surface area contributed by atoms with Crippen molar-refractivity contribution in [3.63, 3.8) is 0 Å². The summed E-state index contributed by atoms with van der Waals surface area (Å²) in [6.45, 7) is 0. The van der Waals surface area contributed by atoms with Crippen molar-refractivity contribution in [2.24, 2.45) is 0 Å². The Morgan fingerprint density at radius 3 is 2.87 bits per heavy atom. The molecule has 1 heterocycles. The molecule has 8 heteroatoms. The zero-order valence-corrected chi connectivity index (χ0v) is 14.8. The van der Waals surface area contributed by atoms with Crippen LogP contribution < -0.4 is 11.1 Å². The number of hydrogen-bond acceptors (Lipinski definition) is 5. The molecule has 23 heavy (non-hydrogen) atoms. The number of hydrogen-bond donors (Lipinski definition) is 2. The molecule has 0 saturated carbocycles. The number of anilines is 2. The van der Waals surface area contributed by atoms with Gasteiger partial charge in [0.25, 0.3) is 0 Å². The van der Waals surface area contributed by atoms with E-state index in [4.69, 9.17) is 28.9 Å². The highest BCUT2D eigenvalue weighted by Crippen LogP contribution is 2.31. The minimum Gasteiger partial charge on any atom is -0.399 e. The van der Waals surface area contributed by atoms with E-state index < -0.39 is 0 Å². The Balaban J connectivity index is 1.63. The molecular formula is C15H11Cl2N3OS2. The first-order valence-corrected chi connectivity index (χ1v) is 9.11. The zero-order valence-electron chi connectivity index (χ0n) is 11.7. The van der Waals surface area contributed by atoms with Gasteiger partial charge in [-0.1, -0.05) is 35.0 Å². The summed E-state index contributed by atoms with van der Waals surface area (Å²) in [5, 5.41) is 3.69. The number of thiazole rings is 1. The van der Waals surface area contributed by atoms with Crippen LogP contribution in [0.3, 0.4) is 0 Å². The average Bonchev–Trinajstić information content (AvgIpc) is 2.90. The molecule has 0 saturated heterocycles. The molecule has 0 aliphatic heterocycles. The van der Waals surface area contributed by atoms with Crippen molar-refractivity contribution in [2.45, 2.75) is 4.34 Å². The Kier molecular flexibility index (Phi) is 4.96. The van der Waals surface area contributed by atoms with E-state index in [2.05, 4.69) is 10.3 Å². The molecule has 1 amide bonds. The number of carbonyl (C=O) groups is 1. The van der Waals surface area contributed by atoms with Gasteiger partial charge in [0.2, 0.25) is 5.91 Å². The third-order valence-electron chi connectivity index (χ3n) is 2.92. The molecule has 1 aromatic heterocycles. The third-order valence-corrected chi connectivity index (χ3v) is 5.63.